The van der Waals surface area contributed by atoms with Crippen molar-refractivity contribution in [3.8, 4) is 0 Å². The van der Waals surface area contributed by atoms with Gasteiger partial charge in [0, 0.05) is 31.4 Å². The Morgan fingerprint density at radius 3 is 2.86 bits per heavy atom. The lowest BCUT2D eigenvalue weighted by atomic mass is 10.2. The maximum atomic E-state index is 5.99. The summed E-state index contributed by atoms with van der Waals surface area (Å²) in [5.74, 6) is 0.821. The van der Waals surface area contributed by atoms with Crippen molar-refractivity contribution in [2.45, 2.75) is 25.9 Å². The highest BCUT2D eigenvalue weighted by Gasteiger charge is 2.23. The Balaban J connectivity index is 1.58. The average Bonchev–Trinajstić information content (AvgIpc) is 2.91. The Hall–Kier alpha value is -2.07. The first-order valence-electron chi connectivity index (χ1n) is 7.46. The van der Waals surface area contributed by atoms with E-state index in [1.54, 1.807) is 0 Å². The van der Waals surface area contributed by atoms with Crippen molar-refractivity contribution in [3.63, 3.8) is 0 Å². The van der Waals surface area contributed by atoms with E-state index < -0.39 is 0 Å². The fourth-order valence-corrected chi connectivity index (χ4v) is 2.81. The average molecular weight is 282 g/mol. The second-order valence-corrected chi connectivity index (χ2v) is 5.74. The maximum absolute atomic E-state index is 5.99. The first kappa shape index (κ1) is 13.9. The summed E-state index contributed by atoms with van der Waals surface area (Å²) in [6.45, 7) is 5.14. The zero-order chi connectivity index (χ0) is 14.7. The predicted octanol–water partition coefficient (Wildman–Crippen LogP) is 2.66. The third kappa shape index (κ3) is 3.52. The van der Waals surface area contributed by atoms with E-state index in [-0.39, 0.29) is 0 Å². The number of likely N-dealkylation sites (tertiary alicyclic amines) is 1. The molecule has 110 valence electrons. The quantitative estimate of drug-likeness (QED) is 0.905. The second-order valence-electron chi connectivity index (χ2n) is 5.74. The molecular formula is C17H22N4. The van der Waals surface area contributed by atoms with Crippen LogP contribution in [-0.4, -0.2) is 29.0 Å². The van der Waals surface area contributed by atoms with Gasteiger partial charge in [-0.3, -0.25) is 4.90 Å². The molecule has 1 aliphatic rings. The first-order chi connectivity index (χ1) is 10.2. The van der Waals surface area contributed by atoms with Gasteiger partial charge in [-0.25, -0.2) is 4.98 Å². The molecule has 4 heteroatoms. The molecule has 1 unspecified atom stereocenters. The van der Waals surface area contributed by atoms with Crippen molar-refractivity contribution in [1.82, 2.24) is 9.88 Å². The summed E-state index contributed by atoms with van der Waals surface area (Å²) >= 11 is 0. The number of nitrogen functional groups attached to an aromatic ring is 1. The Bertz CT molecular complexity index is 597. The number of nitrogens with zero attached hydrogens (tertiary/aromatic N) is 2. The Morgan fingerprint density at radius 1 is 1.24 bits per heavy atom. The van der Waals surface area contributed by atoms with Crippen LogP contribution in [0.1, 0.15) is 17.7 Å². The van der Waals surface area contributed by atoms with E-state index in [2.05, 4.69) is 45.5 Å². The van der Waals surface area contributed by atoms with Crippen molar-refractivity contribution in [2.75, 3.05) is 24.1 Å². The molecule has 0 radical (unpaired) electrons. The third-order valence-corrected chi connectivity index (χ3v) is 3.93. The van der Waals surface area contributed by atoms with Gasteiger partial charge in [0.1, 0.15) is 5.82 Å². The number of aryl methyl sites for hydroxylation is 1. The summed E-state index contributed by atoms with van der Waals surface area (Å²) in [6.07, 6.45) is 1.13. The highest BCUT2D eigenvalue weighted by atomic mass is 15.2. The van der Waals surface area contributed by atoms with Gasteiger partial charge in [-0.1, -0.05) is 30.3 Å². The van der Waals surface area contributed by atoms with Crippen LogP contribution in [0.3, 0.4) is 0 Å². The fraction of sp³-hybridized carbons (Fsp3) is 0.353. The van der Waals surface area contributed by atoms with E-state index in [1.807, 2.05) is 19.1 Å². The normalized spacial score (nSPS) is 18.8. The van der Waals surface area contributed by atoms with Crippen LogP contribution in [0.15, 0.2) is 42.5 Å². The molecule has 1 saturated heterocycles. The second kappa shape index (κ2) is 6.14. The highest BCUT2D eigenvalue weighted by Crippen LogP contribution is 2.21. The molecule has 21 heavy (non-hydrogen) atoms. The molecular weight excluding hydrogens is 260 g/mol. The number of rotatable bonds is 4. The lowest BCUT2D eigenvalue weighted by molar-refractivity contribution is 0.328. The molecule has 1 aromatic heterocycles. The van der Waals surface area contributed by atoms with E-state index in [9.17, 15) is 0 Å². The topological polar surface area (TPSA) is 54.2 Å². The zero-order valence-corrected chi connectivity index (χ0v) is 12.4. The van der Waals surface area contributed by atoms with E-state index >= 15 is 0 Å². The monoisotopic (exact) mass is 282 g/mol. The standard InChI is InChI=1S/C17H22N4/c1-13-7-8-16(18)17(19-13)20-15-9-10-21(12-15)11-14-5-3-2-4-6-14/h2-8,15H,9-12,18H2,1H3,(H,19,20). The lowest BCUT2D eigenvalue weighted by Gasteiger charge is -2.18. The molecule has 0 bridgehead atoms. The van der Waals surface area contributed by atoms with Crippen molar-refractivity contribution < 1.29 is 0 Å². The minimum atomic E-state index is 0.422. The lowest BCUT2D eigenvalue weighted by Crippen LogP contribution is -2.26. The number of pyridine rings is 1. The first-order valence-corrected chi connectivity index (χ1v) is 7.46. The summed E-state index contributed by atoms with van der Waals surface area (Å²) < 4.78 is 0. The van der Waals surface area contributed by atoms with Crippen molar-refractivity contribution in [1.29, 1.82) is 0 Å². The Morgan fingerprint density at radius 2 is 2.05 bits per heavy atom. The van der Waals surface area contributed by atoms with Crippen molar-refractivity contribution in [2.24, 2.45) is 0 Å². The van der Waals surface area contributed by atoms with E-state index in [0.29, 0.717) is 6.04 Å². The molecule has 0 aliphatic carbocycles. The van der Waals surface area contributed by atoms with Crippen LogP contribution in [0, 0.1) is 6.92 Å². The van der Waals surface area contributed by atoms with Gasteiger partial charge in [0.25, 0.3) is 0 Å². The maximum Gasteiger partial charge on any atom is 0.149 e. The van der Waals surface area contributed by atoms with Gasteiger partial charge in [0.15, 0.2) is 0 Å². The van der Waals surface area contributed by atoms with E-state index in [0.717, 1.165) is 43.3 Å². The SMILES string of the molecule is Cc1ccc(N)c(NC2CCN(Cc3ccccc3)C2)n1. The van der Waals surface area contributed by atoms with Crippen molar-refractivity contribution in [3.05, 3.63) is 53.7 Å². The smallest absolute Gasteiger partial charge is 0.149 e. The van der Waals surface area contributed by atoms with Gasteiger partial charge >= 0.3 is 0 Å². The molecule has 4 nitrogen and oxygen atoms in total. The van der Waals surface area contributed by atoms with Crippen LogP contribution >= 0.6 is 0 Å². The van der Waals surface area contributed by atoms with Crippen LogP contribution < -0.4 is 11.1 Å². The molecule has 0 spiro atoms. The number of hydrogen-bond donors (Lipinski definition) is 2. The van der Waals surface area contributed by atoms with Crippen LogP contribution in [0.4, 0.5) is 11.5 Å². The molecule has 3 rings (SSSR count). The Labute approximate surface area is 126 Å². The van der Waals surface area contributed by atoms with Gasteiger partial charge < -0.3 is 11.1 Å². The number of nitrogens with one attached hydrogen (secondary N) is 1. The number of anilines is 2. The van der Waals surface area contributed by atoms with Crippen molar-refractivity contribution >= 4 is 11.5 Å². The fourth-order valence-electron chi connectivity index (χ4n) is 2.81. The molecule has 1 aliphatic heterocycles. The van der Waals surface area contributed by atoms with Crippen LogP contribution in [0.5, 0.6) is 0 Å². The highest BCUT2D eigenvalue weighted by molar-refractivity contribution is 5.61. The minimum Gasteiger partial charge on any atom is -0.396 e. The molecule has 1 aromatic carbocycles. The molecule has 3 N–H and O–H groups in total. The van der Waals surface area contributed by atoms with Crippen LogP contribution in [-0.2, 0) is 6.54 Å². The number of nitrogens with two attached hydrogens (primary N) is 1. The van der Waals surface area contributed by atoms with E-state index in [1.165, 1.54) is 5.56 Å². The summed E-state index contributed by atoms with van der Waals surface area (Å²) in [6, 6.07) is 14.9. The Kier molecular flexibility index (Phi) is 4.06. The van der Waals surface area contributed by atoms with Gasteiger partial charge in [0.2, 0.25) is 0 Å². The van der Waals surface area contributed by atoms with Gasteiger partial charge in [-0.2, -0.15) is 0 Å². The molecule has 2 aromatic rings. The molecule has 0 saturated carbocycles. The molecule has 1 atom stereocenters. The zero-order valence-electron chi connectivity index (χ0n) is 12.4. The van der Waals surface area contributed by atoms with Crippen LogP contribution in [0.2, 0.25) is 0 Å². The number of aromatic nitrogens is 1. The summed E-state index contributed by atoms with van der Waals surface area (Å²) in [5, 5.41) is 3.49. The molecule has 1 fully saturated rings. The van der Waals surface area contributed by atoms with Gasteiger partial charge in [0.05, 0.1) is 5.69 Å². The van der Waals surface area contributed by atoms with Gasteiger partial charge in [-0.05, 0) is 31.0 Å². The van der Waals surface area contributed by atoms with E-state index in [4.69, 9.17) is 5.73 Å². The largest absolute Gasteiger partial charge is 0.396 e. The number of benzene rings is 1. The van der Waals surface area contributed by atoms with Gasteiger partial charge in [-0.15, -0.1) is 0 Å². The summed E-state index contributed by atoms with van der Waals surface area (Å²) in [5.41, 5.74) is 9.07. The summed E-state index contributed by atoms with van der Waals surface area (Å²) in [4.78, 5) is 6.96. The third-order valence-electron chi connectivity index (χ3n) is 3.93. The molecule has 2 heterocycles. The summed E-state index contributed by atoms with van der Waals surface area (Å²) in [7, 11) is 0. The number of hydrogen-bond acceptors (Lipinski definition) is 4. The predicted molar refractivity (Wildman–Crippen MR) is 87.1 cm³/mol. The minimum absolute atomic E-state index is 0.422. The van der Waals surface area contributed by atoms with Crippen LogP contribution in [0.25, 0.3) is 0 Å². The molecule has 0 amide bonds.